The summed E-state index contributed by atoms with van der Waals surface area (Å²) in [5.41, 5.74) is 0. The lowest BCUT2D eigenvalue weighted by Crippen LogP contribution is -2.30. The van der Waals surface area contributed by atoms with Gasteiger partial charge in [-0.3, -0.25) is 0 Å². The van der Waals surface area contributed by atoms with Gasteiger partial charge in [-0.05, 0) is 51.4 Å². The predicted octanol–water partition coefficient (Wildman–Crippen LogP) is 12.3. The molecule has 0 fully saturated rings. The smallest absolute Gasteiger partial charge is 0.237 e. The van der Waals surface area contributed by atoms with Crippen molar-refractivity contribution in [2.75, 3.05) is 0 Å². The minimum atomic E-state index is 1.19. The van der Waals surface area contributed by atoms with Gasteiger partial charge in [-0.2, -0.15) is 0 Å². The molecule has 266 valence electrons. The summed E-state index contributed by atoms with van der Waals surface area (Å²) < 4.78 is 9.60. The van der Waals surface area contributed by atoms with Gasteiger partial charge < -0.3 is 0 Å². The second-order valence-corrected chi connectivity index (χ2v) is 14.7. The van der Waals surface area contributed by atoms with E-state index in [2.05, 4.69) is 69.6 Å². The van der Waals surface area contributed by atoms with Crippen molar-refractivity contribution in [1.29, 1.82) is 0 Å². The molecule has 0 saturated carbocycles. The van der Waals surface area contributed by atoms with Gasteiger partial charge in [-0.25, -0.2) is 18.3 Å². The van der Waals surface area contributed by atoms with Crippen LogP contribution in [0.15, 0.2) is 37.4 Å². The molecular formula is C42H80N4+2. The largest absolute Gasteiger partial charge is 0.243 e. The standard InChI is InChI=1S/C42H80N4/c1-3-5-7-9-11-21-25-29-33-43-37-39-45(41-43)35-31-27-23-19-17-15-13-14-16-18-20-24-28-32-36-46-40-38-44(42-46)34-30-26-22-12-10-8-6-4-2/h37-42H,3-36H2,1-2H3/q+2. The highest BCUT2D eigenvalue weighted by Gasteiger charge is 2.05. The van der Waals surface area contributed by atoms with Crippen molar-refractivity contribution >= 4 is 0 Å². The summed E-state index contributed by atoms with van der Waals surface area (Å²) in [6.45, 7) is 9.36. The Kier molecular flexibility index (Phi) is 27.1. The summed E-state index contributed by atoms with van der Waals surface area (Å²) in [5, 5.41) is 0. The molecule has 0 atom stereocenters. The van der Waals surface area contributed by atoms with E-state index in [0.717, 1.165) is 0 Å². The third-order valence-electron chi connectivity index (χ3n) is 10.1. The van der Waals surface area contributed by atoms with Crippen molar-refractivity contribution in [2.45, 2.75) is 233 Å². The van der Waals surface area contributed by atoms with Crippen molar-refractivity contribution in [3.05, 3.63) is 37.4 Å². The fourth-order valence-electron chi connectivity index (χ4n) is 6.97. The maximum Gasteiger partial charge on any atom is 0.243 e. The molecule has 2 aromatic rings. The Morgan fingerprint density at radius 3 is 0.891 bits per heavy atom. The topological polar surface area (TPSA) is 17.6 Å². The highest BCUT2D eigenvalue weighted by molar-refractivity contribution is 4.67. The van der Waals surface area contributed by atoms with Crippen LogP contribution in [0.2, 0.25) is 0 Å². The number of nitrogens with zero attached hydrogens (tertiary/aromatic N) is 4. The minimum Gasteiger partial charge on any atom is -0.237 e. The van der Waals surface area contributed by atoms with Crippen LogP contribution in [0.5, 0.6) is 0 Å². The first-order valence-electron chi connectivity index (χ1n) is 20.9. The Labute approximate surface area is 287 Å². The molecule has 0 aliphatic carbocycles. The van der Waals surface area contributed by atoms with Gasteiger partial charge in [0.2, 0.25) is 12.7 Å². The Morgan fingerprint density at radius 1 is 0.326 bits per heavy atom. The zero-order chi connectivity index (χ0) is 32.6. The number of hydrogen-bond acceptors (Lipinski definition) is 0. The second-order valence-electron chi connectivity index (χ2n) is 14.7. The van der Waals surface area contributed by atoms with Crippen molar-refractivity contribution in [3.8, 4) is 0 Å². The van der Waals surface area contributed by atoms with Crippen molar-refractivity contribution in [1.82, 2.24) is 9.13 Å². The molecule has 2 aromatic heterocycles. The predicted molar refractivity (Wildman–Crippen MR) is 199 cm³/mol. The fourth-order valence-corrected chi connectivity index (χ4v) is 6.97. The molecule has 0 bridgehead atoms. The number of aryl methyl sites for hydroxylation is 4. The van der Waals surface area contributed by atoms with E-state index in [1.807, 2.05) is 0 Å². The van der Waals surface area contributed by atoms with Crippen molar-refractivity contribution in [3.63, 3.8) is 0 Å². The lowest BCUT2D eigenvalue weighted by Gasteiger charge is -2.03. The molecule has 0 amide bonds. The second kappa shape index (κ2) is 30.7. The molecule has 0 aromatic carbocycles. The summed E-state index contributed by atoms with van der Waals surface area (Å²) in [6, 6.07) is 0. The van der Waals surface area contributed by atoms with E-state index in [4.69, 9.17) is 0 Å². The average molecular weight is 641 g/mol. The zero-order valence-electron chi connectivity index (χ0n) is 31.3. The van der Waals surface area contributed by atoms with Gasteiger partial charge in [0, 0.05) is 0 Å². The Morgan fingerprint density at radius 2 is 0.587 bits per heavy atom. The lowest BCUT2D eigenvalue weighted by molar-refractivity contribution is -0.697. The van der Waals surface area contributed by atoms with Crippen molar-refractivity contribution < 1.29 is 9.13 Å². The van der Waals surface area contributed by atoms with Crippen LogP contribution in [-0.2, 0) is 26.2 Å². The van der Waals surface area contributed by atoms with E-state index >= 15 is 0 Å². The van der Waals surface area contributed by atoms with Gasteiger partial charge >= 0.3 is 0 Å². The average Bonchev–Trinajstić information content (AvgIpc) is 3.72. The third-order valence-corrected chi connectivity index (χ3v) is 10.1. The summed E-state index contributed by atoms with van der Waals surface area (Å²) in [6.07, 6.45) is 56.0. The van der Waals surface area contributed by atoms with Crippen LogP contribution < -0.4 is 9.13 Å². The molecule has 2 rings (SSSR count). The molecule has 0 N–H and O–H groups in total. The van der Waals surface area contributed by atoms with Crippen molar-refractivity contribution in [2.24, 2.45) is 0 Å². The van der Waals surface area contributed by atoms with E-state index < -0.39 is 0 Å². The maximum absolute atomic E-state index is 2.40. The monoisotopic (exact) mass is 641 g/mol. The summed E-state index contributed by atoms with van der Waals surface area (Å²) in [7, 11) is 0. The summed E-state index contributed by atoms with van der Waals surface area (Å²) in [5.74, 6) is 0. The number of unbranched alkanes of at least 4 members (excludes halogenated alkanes) is 27. The lowest BCUT2D eigenvalue weighted by atomic mass is 10.0. The zero-order valence-corrected chi connectivity index (χ0v) is 31.3. The van der Waals surface area contributed by atoms with Gasteiger partial charge in [-0.1, -0.05) is 155 Å². The molecule has 0 radical (unpaired) electrons. The first-order valence-corrected chi connectivity index (χ1v) is 20.9. The molecule has 2 heterocycles. The highest BCUT2D eigenvalue weighted by atomic mass is 15.1. The normalized spacial score (nSPS) is 11.6. The first kappa shape index (κ1) is 40.6. The SMILES string of the molecule is CCCCCCCCCCn1cc[n+](CCCCCCCCCCCCCCCC[n+]2ccn(CCCCCCCCCC)c2)c1. The highest BCUT2D eigenvalue weighted by Crippen LogP contribution is 2.14. The molecular weight excluding hydrogens is 560 g/mol. The van der Waals surface area contributed by atoms with E-state index in [-0.39, 0.29) is 0 Å². The van der Waals surface area contributed by atoms with Crippen LogP contribution >= 0.6 is 0 Å². The van der Waals surface area contributed by atoms with Crippen LogP contribution in [0.25, 0.3) is 0 Å². The Bertz CT molecular complexity index is 812. The fraction of sp³-hybridized carbons (Fsp3) is 0.857. The Balaban J connectivity index is 1.27. The molecule has 0 unspecified atom stereocenters. The molecule has 4 heteroatoms. The van der Waals surface area contributed by atoms with Gasteiger partial charge in [0.15, 0.2) is 0 Å². The molecule has 4 nitrogen and oxygen atoms in total. The molecule has 0 aliphatic rings. The van der Waals surface area contributed by atoms with Gasteiger partial charge in [0.25, 0.3) is 0 Å². The van der Waals surface area contributed by atoms with E-state index in [9.17, 15) is 0 Å². The summed E-state index contributed by atoms with van der Waals surface area (Å²) >= 11 is 0. The van der Waals surface area contributed by atoms with Crippen LogP contribution in [-0.4, -0.2) is 9.13 Å². The minimum absolute atomic E-state index is 1.19. The van der Waals surface area contributed by atoms with E-state index in [0.29, 0.717) is 0 Å². The van der Waals surface area contributed by atoms with E-state index in [1.165, 1.54) is 219 Å². The molecule has 0 aliphatic heterocycles. The molecule has 0 saturated heterocycles. The van der Waals surface area contributed by atoms with Gasteiger partial charge in [0.1, 0.15) is 24.8 Å². The van der Waals surface area contributed by atoms with Crippen LogP contribution in [0, 0.1) is 0 Å². The Hall–Kier alpha value is -1.58. The van der Waals surface area contributed by atoms with Gasteiger partial charge in [0.05, 0.1) is 26.2 Å². The maximum atomic E-state index is 2.40. The first-order chi connectivity index (χ1) is 22.8. The number of hydrogen-bond donors (Lipinski definition) is 0. The van der Waals surface area contributed by atoms with Crippen LogP contribution in [0.1, 0.15) is 206 Å². The quantitative estimate of drug-likeness (QED) is 0.0527. The third kappa shape index (κ3) is 23.7. The number of rotatable bonds is 35. The molecule has 0 spiro atoms. The van der Waals surface area contributed by atoms with Gasteiger partial charge in [-0.15, -0.1) is 0 Å². The van der Waals surface area contributed by atoms with Crippen LogP contribution in [0.3, 0.4) is 0 Å². The van der Waals surface area contributed by atoms with Crippen LogP contribution in [0.4, 0.5) is 0 Å². The number of aromatic nitrogens is 4. The summed E-state index contributed by atoms with van der Waals surface area (Å²) in [4.78, 5) is 0. The number of imidazole rings is 2. The molecule has 46 heavy (non-hydrogen) atoms. The van der Waals surface area contributed by atoms with E-state index in [1.54, 1.807) is 0 Å².